The van der Waals surface area contributed by atoms with E-state index in [1.54, 1.807) is 6.20 Å². The van der Waals surface area contributed by atoms with Crippen LogP contribution in [-0.4, -0.2) is 9.97 Å². The number of nitrogens with one attached hydrogen (secondary N) is 1. The largest absolute Gasteiger partial charge is 0.618 e. The molecule has 1 saturated carbocycles. The summed E-state index contributed by atoms with van der Waals surface area (Å²) in [7, 11) is 0. The molecule has 1 aliphatic carbocycles. The topological polar surface area (TPSA) is 55.6 Å². The maximum atomic E-state index is 12.0. The van der Waals surface area contributed by atoms with Crippen molar-refractivity contribution in [3.05, 3.63) is 41.5 Å². The van der Waals surface area contributed by atoms with Gasteiger partial charge >= 0.3 is 0 Å². The molecule has 0 aliphatic heterocycles. The molecule has 4 heteroatoms. The van der Waals surface area contributed by atoms with Crippen LogP contribution < -0.4 is 4.73 Å². The van der Waals surface area contributed by atoms with Gasteiger partial charge in [-0.05, 0) is 18.9 Å². The Kier molecular flexibility index (Phi) is 2.62. The van der Waals surface area contributed by atoms with Crippen LogP contribution in [0.5, 0.6) is 0 Å². The van der Waals surface area contributed by atoms with Crippen molar-refractivity contribution in [1.82, 2.24) is 9.97 Å². The van der Waals surface area contributed by atoms with Crippen molar-refractivity contribution in [1.29, 1.82) is 0 Å². The highest BCUT2D eigenvalue weighted by atomic mass is 16.5. The second-order valence-corrected chi connectivity index (χ2v) is 5.69. The van der Waals surface area contributed by atoms with Crippen LogP contribution in [0.25, 0.3) is 21.9 Å². The molecule has 0 radical (unpaired) electrons. The van der Waals surface area contributed by atoms with Gasteiger partial charge in [0.05, 0.1) is 10.9 Å². The van der Waals surface area contributed by atoms with Crippen molar-refractivity contribution in [2.24, 2.45) is 0 Å². The molecule has 4 nitrogen and oxygen atoms in total. The summed E-state index contributed by atoms with van der Waals surface area (Å²) in [6.07, 6.45) is 7.89. The molecule has 0 amide bonds. The predicted molar refractivity (Wildman–Crippen MR) is 78.4 cm³/mol. The van der Waals surface area contributed by atoms with E-state index in [-0.39, 0.29) is 0 Å². The van der Waals surface area contributed by atoms with E-state index in [4.69, 9.17) is 0 Å². The number of pyridine rings is 1. The number of H-pyrrole nitrogens is 1. The Morgan fingerprint density at radius 3 is 2.80 bits per heavy atom. The van der Waals surface area contributed by atoms with Gasteiger partial charge in [-0.15, -0.1) is 0 Å². The first-order valence-corrected chi connectivity index (χ1v) is 7.33. The highest BCUT2D eigenvalue weighted by Gasteiger charge is 2.21. The molecule has 1 aromatic carbocycles. The minimum absolute atomic E-state index is 0.523. The molecule has 3 aromatic rings. The van der Waals surface area contributed by atoms with E-state index in [0.29, 0.717) is 11.4 Å². The first-order valence-electron chi connectivity index (χ1n) is 7.33. The van der Waals surface area contributed by atoms with E-state index in [2.05, 4.69) is 9.97 Å². The summed E-state index contributed by atoms with van der Waals surface area (Å²) in [6.45, 7) is 0. The minimum Gasteiger partial charge on any atom is -0.618 e. The Morgan fingerprint density at radius 1 is 1.15 bits per heavy atom. The SMILES string of the molecule is [O-][n+]1cc2nc(C3CCCCC3)[nH]c2c2ccccc21. The summed E-state index contributed by atoms with van der Waals surface area (Å²) in [5.41, 5.74) is 2.46. The number of nitrogens with zero attached hydrogens (tertiary/aromatic N) is 2. The van der Waals surface area contributed by atoms with Crippen LogP contribution in [0.2, 0.25) is 0 Å². The molecule has 0 unspecified atom stereocenters. The molecular weight excluding hydrogens is 250 g/mol. The Balaban J connectivity index is 1.92. The molecule has 4 rings (SSSR count). The van der Waals surface area contributed by atoms with E-state index in [1.807, 2.05) is 24.3 Å². The van der Waals surface area contributed by atoms with Crippen LogP contribution >= 0.6 is 0 Å². The van der Waals surface area contributed by atoms with Crippen molar-refractivity contribution in [2.75, 3.05) is 0 Å². The number of imidazole rings is 1. The molecular formula is C16H17N3O. The van der Waals surface area contributed by atoms with E-state index in [0.717, 1.165) is 27.0 Å². The molecule has 2 heterocycles. The highest BCUT2D eigenvalue weighted by Crippen LogP contribution is 2.32. The maximum Gasteiger partial charge on any atom is 0.226 e. The molecule has 1 fully saturated rings. The number of rotatable bonds is 1. The fraction of sp³-hybridized carbons (Fsp3) is 0.375. The minimum atomic E-state index is 0.523. The van der Waals surface area contributed by atoms with E-state index in [9.17, 15) is 5.21 Å². The van der Waals surface area contributed by atoms with E-state index in [1.165, 1.54) is 32.1 Å². The standard InChI is InChI=1S/C16H17N3O/c20-19-10-13-15(12-8-4-5-9-14(12)19)18-16(17-13)11-6-2-1-3-7-11/h4-5,8-11H,1-3,6-7H2,(H,17,18). The van der Waals surface area contributed by atoms with Gasteiger partial charge in [-0.2, -0.15) is 4.73 Å². The van der Waals surface area contributed by atoms with Crippen LogP contribution in [0.3, 0.4) is 0 Å². The number of aromatic amines is 1. The van der Waals surface area contributed by atoms with Gasteiger partial charge in [0.15, 0.2) is 5.52 Å². The Labute approximate surface area is 117 Å². The third-order valence-electron chi connectivity index (χ3n) is 4.39. The van der Waals surface area contributed by atoms with Crippen molar-refractivity contribution in [2.45, 2.75) is 38.0 Å². The zero-order valence-electron chi connectivity index (χ0n) is 11.3. The summed E-state index contributed by atoms with van der Waals surface area (Å²) in [5.74, 6) is 1.58. The highest BCUT2D eigenvalue weighted by molar-refractivity contribution is 6.00. The molecule has 0 bridgehead atoms. The van der Waals surface area contributed by atoms with Crippen LogP contribution in [0, 0.1) is 5.21 Å². The summed E-state index contributed by atoms with van der Waals surface area (Å²) in [6, 6.07) is 7.68. The average molecular weight is 267 g/mol. The van der Waals surface area contributed by atoms with Gasteiger partial charge in [0.1, 0.15) is 5.82 Å². The lowest BCUT2D eigenvalue weighted by Gasteiger charge is -2.18. The second-order valence-electron chi connectivity index (χ2n) is 5.69. The number of hydrogen-bond acceptors (Lipinski definition) is 2. The van der Waals surface area contributed by atoms with Crippen molar-refractivity contribution in [3.63, 3.8) is 0 Å². The number of benzene rings is 1. The molecule has 1 N–H and O–H groups in total. The first-order chi connectivity index (χ1) is 9.83. The molecule has 102 valence electrons. The van der Waals surface area contributed by atoms with E-state index < -0.39 is 0 Å². The Bertz CT molecular complexity index is 772. The van der Waals surface area contributed by atoms with Gasteiger partial charge in [-0.25, -0.2) is 4.98 Å². The molecule has 2 aromatic heterocycles. The number of para-hydroxylation sites is 1. The lowest BCUT2D eigenvalue weighted by atomic mass is 9.89. The van der Waals surface area contributed by atoms with E-state index >= 15 is 0 Å². The van der Waals surface area contributed by atoms with Crippen LogP contribution in [0.1, 0.15) is 43.8 Å². The second kappa shape index (κ2) is 4.47. The molecule has 20 heavy (non-hydrogen) atoms. The number of aromatic nitrogens is 3. The van der Waals surface area contributed by atoms with Crippen LogP contribution in [-0.2, 0) is 0 Å². The van der Waals surface area contributed by atoms with Gasteiger partial charge in [0.2, 0.25) is 11.7 Å². The summed E-state index contributed by atoms with van der Waals surface area (Å²) in [5, 5.41) is 13.0. The number of hydrogen-bond donors (Lipinski definition) is 1. The Morgan fingerprint density at radius 2 is 1.95 bits per heavy atom. The van der Waals surface area contributed by atoms with Crippen molar-refractivity contribution < 1.29 is 4.73 Å². The third-order valence-corrected chi connectivity index (χ3v) is 4.39. The zero-order valence-corrected chi connectivity index (χ0v) is 11.3. The molecule has 0 atom stereocenters. The van der Waals surface area contributed by atoms with Gasteiger partial charge in [0.25, 0.3) is 0 Å². The lowest BCUT2D eigenvalue weighted by Crippen LogP contribution is -2.26. The maximum absolute atomic E-state index is 12.0. The van der Waals surface area contributed by atoms with Gasteiger partial charge in [-0.3, -0.25) is 0 Å². The first kappa shape index (κ1) is 11.7. The monoisotopic (exact) mass is 267 g/mol. The van der Waals surface area contributed by atoms with Gasteiger partial charge in [-0.1, -0.05) is 31.4 Å². The van der Waals surface area contributed by atoms with Crippen molar-refractivity contribution >= 4 is 21.9 Å². The third kappa shape index (κ3) is 1.75. The van der Waals surface area contributed by atoms with Crippen LogP contribution in [0.15, 0.2) is 30.5 Å². The summed E-state index contributed by atoms with van der Waals surface area (Å²) in [4.78, 5) is 8.14. The molecule has 0 saturated heterocycles. The summed E-state index contributed by atoms with van der Waals surface area (Å²) >= 11 is 0. The smallest absolute Gasteiger partial charge is 0.226 e. The fourth-order valence-electron chi connectivity index (χ4n) is 3.33. The predicted octanol–water partition coefficient (Wildman–Crippen LogP) is 3.40. The molecule has 1 aliphatic rings. The normalized spacial score (nSPS) is 17.0. The van der Waals surface area contributed by atoms with Gasteiger partial charge in [0, 0.05) is 12.0 Å². The fourth-order valence-corrected chi connectivity index (χ4v) is 3.33. The van der Waals surface area contributed by atoms with Crippen molar-refractivity contribution in [3.8, 4) is 0 Å². The average Bonchev–Trinajstić information content (AvgIpc) is 2.93. The van der Waals surface area contributed by atoms with Gasteiger partial charge < -0.3 is 10.2 Å². The van der Waals surface area contributed by atoms with Crippen LogP contribution in [0.4, 0.5) is 0 Å². The Hall–Kier alpha value is -2.10. The quantitative estimate of drug-likeness (QED) is 0.542. The number of fused-ring (bicyclic) bond motifs is 3. The zero-order chi connectivity index (χ0) is 13.5. The summed E-state index contributed by atoms with van der Waals surface area (Å²) < 4.78 is 0.920. The lowest BCUT2D eigenvalue weighted by molar-refractivity contribution is -0.575. The molecule has 0 spiro atoms.